The lowest BCUT2D eigenvalue weighted by Gasteiger charge is -2.26. The van der Waals surface area contributed by atoms with E-state index in [1.165, 1.54) is 0 Å². The van der Waals surface area contributed by atoms with Crippen molar-refractivity contribution in [2.45, 2.75) is 32.1 Å². The summed E-state index contributed by atoms with van der Waals surface area (Å²) in [4.78, 5) is 16.7. The van der Waals surface area contributed by atoms with Crippen LogP contribution < -0.4 is 19.5 Å². The maximum absolute atomic E-state index is 12.4. The molecule has 2 heterocycles. The first kappa shape index (κ1) is 20.8. The minimum atomic E-state index is -0.249. The Balaban J connectivity index is 1.29. The van der Waals surface area contributed by atoms with Crippen LogP contribution in [-0.4, -0.2) is 31.3 Å². The molecule has 0 radical (unpaired) electrons. The van der Waals surface area contributed by atoms with Crippen LogP contribution in [0.1, 0.15) is 31.7 Å². The third kappa shape index (κ3) is 4.82. The summed E-state index contributed by atoms with van der Waals surface area (Å²) in [6.45, 7) is 4.92. The average molecular weight is 422 g/mol. The fourth-order valence-corrected chi connectivity index (χ4v) is 3.36. The smallest absolute Gasteiger partial charge is 0.231 e. The Labute approximate surface area is 181 Å². The van der Waals surface area contributed by atoms with Crippen LogP contribution >= 0.6 is 0 Å². The fourth-order valence-electron chi connectivity index (χ4n) is 3.36. The molecular weight excluding hydrogens is 396 g/mol. The molecule has 4 rings (SSSR count). The highest BCUT2D eigenvalue weighted by molar-refractivity contribution is 5.76. The van der Waals surface area contributed by atoms with Crippen LogP contribution in [0.3, 0.4) is 0 Å². The first-order valence-corrected chi connectivity index (χ1v) is 10.2. The lowest BCUT2D eigenvalue weighted by molar-refractivity contribution is -0.121. The summed E-state index contributed by atoms with van der Waals surface area (Å²) in [5.41, 5.74) is 1.74. The van der Waals surface area contributed by atoms with Crippen LogP contribution in [0, 0.1) is 0 Å². The molecule has 162 valence electrons. The first-order chi connectivity index (χ1) is 14.9. The molecule has 0 saturated heterocycles. The molecule has 0 atom stereocenters. The van der Waals surface area contributed by atoms with Gasteiger partial charge in [-0.3, -0.25) is 4.79 Å². The number of rotatable bonds is 8. The molecule has 2 aromatic carbocycles. The van der Waals surface area contributed by atoms with Crippen molar-refractivity contribution in [3.05, 3.63) is 60.1 Å². The van der Waals surface area contributed by atoms with E-state index >= 15 is 0 Å². The van der Waals surface area contributed by atoms with Gasteiger partial charge in [0.1, 0.15) is 5.75 Å². The molecule has 1 aliphatic heterocycles. The highest BCUT2D eigenvalue weighted by atomic mass is 16.7. The standard InChI is InChI=1S/C24H26N2O5/c1-24(2,17-6-9-19-20(12-17)30-15-29-19)14-26-22(27)10-11-23-25-13-21(31-23)16-4-7-18(28-3)8-5-16/h4-9,12-13H,10-11,14-15H2,1-3H3,(H,26,27). The molecule has 3 aromatic rings. The van der Waals surface area contributed by atoms with Crippen molar-refractivity contribution in [3.63, 3.8) is 0 Å². The Kier molecular flexibility index (Phi) is 5.84. The molecule has 0 unspecified atom stereocenters. The number of methoxy groups -OCH3 is 1. The van der Waals surface area contributed by atoms with Gasteiger partial charge in [0.15, 0.2) is 23.1 Å². The summed E-state index contributed by atoms with van der Waals surface area (Å²) in [5, 5.41) is 3.02. The molecule has 1 amide bonds. The number of carbonyl (C=O) groups excluding carboxylic acids is 1. The number of amides is 1. The third-order valence-electron chi connectivity index (χ3n) is 5.38. The first-order valence-electron chi connectivity index (χ1n) is 10.2. The number of benzene rings is 2. The van der Waals surface area contributed by atoms with Crippen molar-refractivity contribution < 1.29 is 23.4 Å². The summed E-state index contributed by atoms with van der Waals surface area (Å²) in [5.74, 6) is 3.44. The van der Waals surface area contributed by atoms with E-state index in [0.29, 0.717) is 31.0 Å². The zero-order chi connectivity index (χ0) is 21.8. The van der Waals surface area contributed by atoms with E-state index in [9.17, 15) is 4.79 Å². The van der Waals surface area contributed by atoms with Crippen molar-refractivity contribution in [3.8, 4) is 28.6 Å². The summed E-state index contributed by atoms with van der Waals surface area (Å²) < 4.78 is 21.8. The number of fused-ring (bicyclic) bond motifs is 1. The van der Waals surface area contributed by atoms with Gasteiger partial charge >= 0.3 is 0 Å². The van der Waals surface area contributed by atoms with Crippen molar-refractivity contribution in [1.29, 1.82) is 0 Å². The molecule has 0 saturated carbocycles. The largest absolute Gasteiger partial charge is 0.497 e. The van der Waals surface area contributed by atoms with Gasteiger partial charge in [0.25, 0.3) is 0 Å². The van der Waals surface area contributed by atoms with Crippen molar-refractivity contribution in [2.75, 3.05) is 20.4 Å². The maximum Gasteiger partial charge on any atom is 0.231 e. The van der Waals surface area contributed by atoms with Crippen LogP contribution in [0.4, 0.5) is 0 Å². The minimum absolute atomic E-state index is 0.0435. The molecule has 1 aliphatic rings. The van der Waals surface area contributed by atoms with Gasteiger partial charge in [-0.2, -0.15) is 0 Å². The Morgan fingerprint density at radius 1 is 1.13 bits per heavy atom. The van der Waals surface area contributed by atoms with Gasteiger partial charge in [0, 0.05) is 30.4 Å². The van der Waals surface area contributed by atoms with E-state index in [4.69, 9.17) is 18.6 Å². The highest BCUT2D eigenvalue weighted by Gasteiger charge is 2.24. The molecule has 0 fully saturated rings. The van der Waals surface area contributed by atoms with E-state index in [-0.39, 0.29) is 18.1 Å². The molecule has 31 heavy (non-hydrogen) atoms. The predicted molar refractivity (Wildman–Crippen MR) is 115 cm³/mol. The summed E-state index contributed by atoms with van der Waals surface area (Å²) >= 11 is 0. The van der Waals surface area contributed by atoms with Crippen molar-refractivity contribution in [1.82, 2.24) is 10.3 Å². The summed E-state index contributed by atoms with van der Waals surface area (Å²) in [6.07, 6.45) is 2.42. The Bertz CT molecular complexity index is 1060. The van der Waals surface area contributed by atoms with Gasteiger partial charge < -0.3 is 23.9 Å². The predicted octanol–water partition coefficient (Wildman–Crippen LogP) is 4.11. The zero-order valence-corrected chi connectivity index (χ0v) is 17.9. The van der Waals surface area contributed by atoms with Gasteiger partial charge in [0.05, 0.1) is 13.3 Å². The molecule has 1 N–H and O–H groups in total. The number of carbonyl (C=O) groups is 1. The lowest BCUT2D eigenvalue weighted by Crippen LogP contribution is -2.36. The number of nitrogens with zero attached hydrogens (tertiary/aromatic N) is 1. The van der Waals surface area contributed by atoms with E-state index in [1.807, 2.05) is 42.5 Å². The Hall–Kier alpha value is -3.48. The SMILES string of the molecule is COc1ccc(-c2cnc(CCC(=O)NCC(C)(C)c3ccc4c(c3)OCO4)o2)cc1. The maximum atomic E-state index is 12.4. The van der Waals surface area contributed by atoms with Crippen LogP contribution in [0.5, 0.6) is 17.2 Å². The number of aromatic nitrogens is 1. The fraction of sp³-hybridized carbons (Fsp3) is 0.333. The average Bonchev–Trinajstić information content (AvgIpc) is 3.45. The number of nitrogens with one attached hydrogen (secondary N) is 1. The number of hydrogen-bond donors (Lipinski definition) is 1. The Morgan fingerprint density at radius 2 is 1.90 bits per heavy atom. The normalized spacial score (nSPS) is 12.6. The molecule has 0 bridgehead atoms. The monoisotopic (exact) mass is 422 g/mol. The molecule has 7 nitrogen and oxygen atoms in total. The van der Waals surface area contributed by atoms with Gasteiger partial charge in [0.2, 0.25) is 12.7 Å². The molecule has 1 aromatic heterocycles. The molecule has 7 heteroatoms. The quantitative estimate of drug-likeness (QED) is 0.588. The van der Waals surface area contributed by atoms with Gasteiger partial charge in [-0.05, 0) is 42.0 Å². The second-order valence-corrected chi connectivity index (χ2v) is 8.08. The van der Waals surface area contributed by atoms with Crippen LogP contribution in [0.2, 0.25) is 0 Å². The van der Waals surface area contributed by atoms with Crippen LogP contribution in [-0.2, 0) is 16.6 Å². The number of oxazole rings is 1. The van der Waals surface area contributed by atoms with Crippen LogP contribution in [0.15, 0.2) is 53.1 Å². The van der Waals surface area contributed by atoms with E-state index in [0.717, 1.165) is 28.4 Å². The number of hydrogen-bond acceptors (Lipinski definition) is 6. The topological polar surface area (TPSA) is 82.8 Å². The second-order valence-electron chi connectivity index (χ2n) is 8.08. The third-order valence-corrected chi connectivity index (χ3v) is 5.38. The summed E-state index contributed by atoms with van der Waals surface area (Å²) in [7, 11) is 1.63. The van der Waals surface area contributed by atoms with E-state index in [2.05, 4.69) is 24.1 Å². The molecular formula is C24H26N2O5. The molecule has 0 spiro atoms. The molecule has 0 aliphatic carbocycles. The number of ether oxygens (including phenoxy) is 3. The van der Waals surface area contributed by atoms with Crippen molar-refractivity contribution in [2.24, 2.45) is 0 Å². The van der Waals surface area contributed by atoms with Gasteiger partial charge in [-0.15, -0.1) is 0 Å². The van der Waals surface area contributed by atoms with Crippen LogP contribution in [0.25, 0.3) is 11.3 Å². The minimum Gasteiger partial charge on any atom is -0.497 e. The summed E-state index contributed by atoms with van der Waals surface area (Å²) in [6, 6.07) is 13.4. The van der Waals surface area contributed by atoms with Gasteiger partial charge in [-0.1, -0.05) is 19.9 Å². The van der Waals surface area contributed by atoms with E-state index < -0.39 is 0 Å². The van der Waals surface area contributed by atoms with Gasteiger partial charge in [-0.25, -0.2) is 4.98 Å². The second kappa shape index (κ2) is 8.71. The lowest BCUT2D eigenvalue weighted by atomic mass is 9.84. The highest BCUT2D eigenvalue weighted by Crippen LogP contribution is 2.36. The van der Waals surface area contributed by atoms with Crippen molar-refractivity contribution >= 4 is 5.91 Å². The number of aryl methyl sites for hydroxylation is 1. The van der Waals surface area contributed by atoms with E-state index in [1.54, 1.807) is 13.3 Å². The zero-order valence-electron chi connectivity index (χ0n) is 17.9. The Morgan fingerprint density at radius 3 is 2.68 bits per heavy atom.